The van der Waals surface area contributed by atoms with Crippen LogP contribution in [0.5, 0.6) is 5.75 Å². The van der Waals surface area contributed by atoms with Gasteiger partial charge in [-0.15, -0.1) is 0 Å². The Bertz CT molecular complexity index is 970. The van der Waals surface area contributed by atoms with E-state index in [9.17, 15) is 14.4 Å². The van der Waals surface area contributed by atoms with Crippen LogP contribution in [0.3, 0.4) is 0 Å². The van der Waals surface area contributed by atoms with E-state index in [2.05, 4.69) is 5.32 Å². The van der Waals surface area contributed by atoms with Crippen LogP contribution in [0.15, 0.2) is 27.4 Å². The summed E-state index contributed by atoms with van der Waals surface area (Å²) < 4.78 is 16.2. The number of nitrogens with one attached hydrogen (secondary N) is 1. The predicted octanol–water partition coefficient (Wildman–Crippen LogP) is 4.25. The molecule has 1 heterocycles. The summed E-state index contributed by atoms with van der Waals surface area (Å²) in [5.41, 5.74) is 0.600. The van der Waals surface area contributed by atoms with Crippen molar-refractivity contribution in [2.45, 2.75) is 66.5 Å². The van der Waals surface area contributed by atoms with Gasteiger partial charge in [0.15, 0.2) is 0 Å². The number of amides is 1. The number of rotatable bonds is 5. The molecule has 0 saturated heterocycles. The molecule has 0 aliphatic rings. The molecule has 2 atom stereocenters. The Morgan fingerprint density at radius 2 is 1.83 bits per heavy atom. The summed E-state index contributed by atoms with van der Waals surface area (Å²) in [6.07, 6.45) is -0.0334. The predicted molar refractivity (Wildman–Crippen MR) is 110 cm³/mol. The van der Waals surface area contributed by atoms with Gasteiger partial charge in [0.25, 0.3) is 0 Å². The molecular formula is C22H29NO6. The minimum atomic E-state index is -0.888. The van der Waals surface area contributed by atoms with Crippen molar-refractivity contribution >= 4 is 23.0 Å². The molecule has 1 aromatic carbocycles. The summed E-state index contributed by atoms with van der Waals surface area (Å²) in [4.78, 5) is 36.9. The average molecular weight is 403 g/mol. The van der Waals surface area contributed by atoms with Gasteiger partial charge in [0.05, 0.1) is 5.39 Å². The Kier molecular flexibility index (Phi) is 6.72. The molecule has 7 nitrogen and oxygen atoms in total. The summed E-state index contributed by atoms with van der Waals surface area (Å²) in [7, 11) is 0. The second-order valence-electron chi connectivity index (χ2n) is 8.32. The SMILES string of the molecule is CCC(C)C(NC(=O)OC(C)(C)C)C(=O)Oc1cc(C)cc2oc(=O)cc(C)c12. The van der Waals surface area contributed by atoms with Gasteiger partial charge in [-0.2, -0.15) is 0 Å². The first kappa shape index (κ1) is 22.5. The topological polar surface area (TPSA) is 94.8 Å². The van der Waals surface area contributed by atoms with Crippen LogP contribution in [0.4, 0.5) is 4.79 Å². The Morgan fingerprint density at radius 3 is 2.41 bits per heavy atom. The van der Waals surface area contributed by atoms with Crippen LogP contribution in [0.1, 0.15) is 52.2 Å². The third-order valence-corrected chi connectivity index (χ3v) is 4.50. The van der Waals surface area contributed by atoms with Crippen molar-refractivity contribution in [3.8, 4) is 5.75 Å². The molecule has 1 aromatic heterocycles. The van der Waals surface area contributed by atoms with E-state index in [4.69, 9.17) is 13.9 Å². The second kappa shape index (κ2) is 8.68. The molecule has 1 N–H and O–H groups in total. The van der Waals surface area contributed by atoms with Crippen molar-refractivity contribution in [3.63, 3.8) is 0 Å². The number of aryl methyl sites for hydroxylation is 2. The Hall–Kier alpha value is -2.83. The number of carbonyl (C=O) groups is 2. The number of alkyl carbamates (subject to hydrolysis) is 1. The van der Waals surface area contributed by atoms with Gasteiger partial charge in [0.1, 0.15) is 23.0 Å². The van der Waals surface area contributed by atoms with E-state index in [0.29, 0.717) is 23.0 Å². The van der Waals surface area contributed by atoms with E-state index in [0.717, 1.165) is 5.56 Å². The molecule has 0 bridgehead atoms. The molecular weight excluding hydrogens is 374 g/mol. The van der Waals surface area contributed by atoms with E-state index < -0.39 is 29.3 Å². The smallest absolute Gasteiger partial charge is 0.408 e. The fraction of sp³-hybridized carbons (Fsp3) is 0.500. The van der Waals surface area contributed by atoms with Crippen molar-refractivity contribution in [2.24, 2.45) is 5.92 Å². The molecule has 2 unspecified atom stereocenters. The molecule has 2 aromatic rings. The first-order chi connectivity index (χ1) is 13.4. The van der Waals surface area contributed by atoms with Gasteiger partial charge in [-0.25, -0.2) is 14.4 Å². The summed E-state index contributed by atoms with van der Waals surface area (Å²) in [6, 6.07) is 3.88. The lowest BCUT2D eigenvalue weighted by atomic mass is 9.99. The van der Waals surface area contributed by atoms with Gasteiger partial charge in [-0.1, -0.05) is 20.3 Å². The highest BCUT2D eigenvalue weighted by Gasteiger charge is 2.30. The molecule has 0 aliphatic heterocycles. The number of hydrogen-bond donors (Lipinski definition) is 1. The fourth-order valence-electron chi connectivity index (χ4n) is 2.93. The van der Waals surface area contributed by atoms with Gasteiger partial charge in [0, 0.05) is 6.07 Å². The number of benzene rings is 1. The van der Waals surface area contributed by atoms with Crippen molar-refractivity contribution in [2.75, 3.05) is 0 Å². The highest BCUT2D eigenvalue weighted by Crippen LogP contribution is 2.30. The molecule has 0 spiro atoms. The minimum Gasteiger partial charge on any atom is -0.444 e. The van der Waals surface area contributed by atoms with Crippen molar-refractivity contribution < 1.29 is 23.5 Å². The zero-order valence-electron chi connectivity index (χ0n) is 18.0. The Labute approximate surface area is 170 Å². The third-order valence-electron chi connectivity index (χ3n) is 4.50. The lowest BCUT2D eigenvalue weighted by Crippen LogP contribution is -2.48. The zero-order chi connectivity index (χ0) is 21.9. The Morgan fingerprint density at radius 1 is 1.17 bits per heavy atom. The third kappa shape index (κ3) is 5.82. The second-order valence-corrected chi connectivity index (χ2v) is 8.32. The molecule has 2 rings (SSSR count). The number of carbonyl (C=O) groups excluding carboxylic acids is 2. The first-order valence-corrected chi connectivity index (χ1v) is 9.67. The summed E-state index contributed by atoms with van der Waals surface area (Å²) in [5.74, 6) is -0.502. The number of hydrogen-bond acceptors (Lipinski definition) is 6. The van der Waals surface area contributed by atoms with Crippen LogP contribution in [-0.4, -0.2) is 23.7 Å². The maximum atomic E-state index is 13.0. The van der Waals surface area contributed by atoms with Gasteiger partial charge in [-0.3, -0.25) is 0 Å². The van der Waals surface area contributed by atoms with Gasteiger partial charge in [-0.05, 0) is 63.8 Å². The Balaban J connectivity index is 2.36. The van der Waals surface area contributed by atoms with Crippen molar-refractivity contribution in [1.29, 1.82) is 0 Å². The molecule has 7 heteroatoms. The molecule has 0 saturated carbocycles. The fourth-order valence-corrected chi connectivity index (χ4v) is 2.93. The molecule has 29 heavy (non-hydrogen) atoms. The van der Waals surface area contributed by atoms with Crippen molar-refractivity contribution in [3.05, 3.63) is 39.7 Å². The molecule has 0 radical (unpaired) electrons. The van der Waals surface area contributed by atoms with E-state index in [-0.39, 0.29) is 11.7 Å². The van der Waals surface area contributed by atoms with Crippen LogP contribution in [0.2, 0.25) is 0 Å². The summed E-state index contributed by atoms with van der Waals surface area (Å²) in [5, 5.41) is 3.17. The van der Waals surface area contributed by atoms with Crippen LogP contribution >= 0.6 is 0 Å². The van der Waals surface area contributed by atoms with Crippen LogP contribution in [0, 0.1) is 19.8 Å². The van der Waals surface area contributed by atoms with Crippen LogP contribution in [0.25, 0.3) is 11.0 Å². The molecule has 0 fully saturated rings. The number of esters is 1. The van der Waals surface area contributed by atoms with E-state index in [1.807, 2.05) is 20.8 Å². The largest absolute Gasteiger partial charge is 0.444 e. The molecule has 1 amide bonds. The van der Waals surface area contributed by atoms with Gasteiger partial charge < -0.3 is 19.2 Å². The summed E-state index contributed by atoms with van der Waals surface area (Å²) in [6.45, 7) is 12.6. The van der Waals surface area contributed by atoms with E-state index in [1.165, 1.54) is 6.07 Å². The first-order valence-electron chi connectivity index (χ1n) is 9.67. The average Bonchev–Trinajstić information content (AvgIpc) is 2.56. The zero-order valence-corrected chi connectivity index (χ0v) is 18.0. The number of ether oxygens (including phenoxy) is 2. The van der Waals surface area contributed by atoms with Gasteiger partial charge in [0.2, 0.25) is 0 Å². The lowest BCUT2D eigenvalue weighted by molar-refractivity contribution is -0.138. The van der Waals surface area contributed by atoms with Crippen LogP contribution in [-0.2, 0) is 9.53 Å². The van der Waals surface area contributed by atoms with Crippen LogP contribution < -0.4 is 15.7 Å². The van der Waals surface area contributed by atoms with Crippen molar-refractivity contribution in [1.82, 2.24) is 5.32 Å². The number of fused-ring (bicyclic) bond motifs is 1. The monoisotopic (exact) mass is 403 g/mol. The highest BCUT2D eigenvalue weighted by molar-refractivity contribution is 5.91. The maximum Gasteiger partial charge on any atom is 0.408 e. The van der Waals surface area contributed by atoms with E-state index in [1.54, 1.807) is 39.8 Å². The maximum absolute atomic E-state index is 13.0. The standard InChI is InChI=1S/C22H29NO6/c1-8-13(3)19(23-21(26)29-22(5,6)7)20(25)28-16-10-12(2)9-15-18(16)14(4)11-17(24)27-15/h9-11,13,19H,8H2,1-7H3,(H,23,26). The summed E-state index contributed by atoms with van der Waals surface area (Å²) >= 11 is 0. The highest BCUT2D eigenvalue weighted by atomic mass is 16.6. The van der Waals surface area contributed by atoms with Gasteiger partial charge >= 0.3 is 17.7 Å². The molecule has 158 valence electrons. The van der Waals surface area contributed by atoms with E-state index >= 15 is 0 Å². The minimum absolute atomic E-state index is 0.176. The lowest BCUT2D eigenvalue weighted by Gasteiger charge is -2.25. The molecule has 0 aliphatic carbocycles. The normalized spacial score (nSPS) is 13.6. The quantitative estimate of drug-likeness (QED) is 0.455.